The third-order valence-electron chi connectivity index (χ3n) is 4.83. The molecule has 1 atom stereocenters. The summed E-state index contributed by atoms with van der Waals surface area (Å²) in [6.45, 7) is 3.78. The van der Waals surface area contributed by atoms with E-state index >= 15 is 0 Å². The summed E-state index contributed by atoms with van der Waals surface area (Å²) in [5.74, 6) is -0.949. The molecule has 0 aliphatic carbocycles. The maximum Gasteiger partial charge on any atom is 0.296 e. The number of carbonyl (C=O) groups excluding carboxylic acids is 2. The first-order valence-corrected chi connectivity index (χ1v) is 10.5. The summed E-state index contributed by atoms with van der Waals surface area (Å²) < 4.78 is 5.32. The predicted molar refractivity (Wildman–Crippen MR) is 113 cm³/mol. The molecule has 6 nitrogen and oxygen atoms in total. The fraction of sp³-hybridized carbons (Fsp3) is 0.190. The lowest BCUT2D eigenvalue weighted by Crippen LogP contribution is -2.31. The first-order chi connectivity index (χ1) is 13.9. The van der Waals surface area contributed by atoms with Crippen LogP contribution in [0.1, 0.15) is 31.8 Å². The zero-order chi connectivity index (χ0) is 20.7. The van der Waals surface area contributed by atoms with E-state index in [4.69, 9.17) is 4.74 Å². The maximum atomic E-state index is 13.2. The molecule has 0 saturated heterocycles. The molecule has 1 aromatic carbocycles. The van der Waals surface area contributed by atoms with E-state index in [1.807, 2.05) is 13.8 Å². The lowest BCUT2D eigenvalue weighted by Gasteiger charge is -2.24. The van der Waals surface area contributed by atoms with Gasteiger partial charge in [0.25, 0.3) is 5.91 Å². The number of rotatable bonds is 5. The number of aliphatic hydroxyl groups excluding tert-OH is 1. The summed E-state index contributed by atoms with van der Waals surface area (Å²) in [5.41, 5.74) is 1.52. The van der Waals surface area contributed by atoms with Crippen LogP contribution < -0.4 is 9.64 Å². The molecule has 1 amide bonds. The van der Waals surface area contributed by atoms with Crippen LogP contribution in [0.2, 0.25) is 0 Å². The minimum absolute atomic E-state index is 0.0520. The molecule has 0 spiro atoms. The van der Waals surface area contributed by atoms with Gasteiger partial charge in [-0.2, -0.15) is 0 Å². The third-order valence-corrected chi connectivity index (χ3v) is 6.77. The number of amides is 1. The van der Waals surface area contributed by atoms with Gasteiger partial charge in [0.15, 0.2) is 10.9 Å². The first kappa shape index (κ1) is 19.4. The van der Waals surface area contributed by atoms with Crippen LogP contribution in [0.15, 0.2) is 53.1 Å². The van der Waals surface area contributed by atoms with E-state index in [1.165, 1.54) is 27.6 Å². The number of thiazole rings is 1. The molecule has 0 bridgehead atoms. The molecule has 1 aliphatic rings. The molecule has 0 radical (unpaired) electrons. The highest BCUT2D eigenvalue weighted by molar-refractivity contribution is 7.16. The molecule has 1 N–H and O–H groups in total. The Morgan fingerprint density at radius 1 is 1.24 bits per heavy atom. The van der Waals surface area contributed by atoms with Crippen molar-refractivity contribution >= 4 is 39.5 Å². The van der Waals surface area contributed by atoms with E-state index in [1.54, 1.807) is 48.9 Å². The van der Waals surface area contributed by atoms with Gasteiger partial charge in [-0.05, 0) is 43.0 Å². The number of carbonyl (C=O) groups is 2. The first-order valence-electron chi connectivity index (χ1n) is 8.85. The smallest absolute Gasteiger partial charge is 0.296 e. The number of anilines is 1. The van der Waals surface area contributed by atoms with E-state index in [9.17, 15) is 14.7 Å². The molecule has 148 valence electrons. The number of ether oxygens (including phenoxy) is 1. The van der Waals surface area contributed by atoms with Crippen molar-refractivity contribution in [1.29, 1.82) is 0 Å². The van der Waals surface area contributed by atoms with Crippen molar-refractivity contribution in [3.63, 3.8) is 0 Å². The second-order valence-electron chi connectivity index (χ2n) is 6.56. The van der Waals surface area contributed by atoms with Crippen LogP contribution in [-0.2, 0) is 4.79 Å². The fourth-order valence-corrected chi connectivity index (χ4v) is 4.88. The monoisotopic (exact) mass is 426 g/mol. The molecule has 3 aromatic rings. The number of hydrogen-bond donors (Lipinski definition) is 1. The van der Waals surface area contributed by atoms with E-state index in [2.05, 4.69) is 4.98 Å². The van der Waals surface area contributed by atoms with Crippen molar-refractivity contribution in [2.24, 2.45) is 0 Å². The number of benzene rings is 1. The summed E-state index contributed by atoms with van der Waals surface area (Å²) in [4.78, 5) is 33.6. The van der Waals surface area contributed by atoms with Crippen LogP contribution >= 0.6 is 22.7 Å². The van der Waals surface area contributed by atoms with E-state index in [0.29, 0.717) is 21.3 Å². The number of ketones is 1. The lowest BCUT2D eigenvalue weighted by molar-refractivity contribution is -0.117. The van der Waals surface area contributed by atoms with Crippen LogP contribution in [-0.4, -0.2) is 28.9 Å². The standard InChI is InChI=1S/C21H18N2O4S2/c1-11-12(2)29-21(22-11)23-17(13-6-4-7-14(10-13)27-3)16(19(25)20(23)26)18(24)15-8-5-9-28-15/h4-10,17,25H,1-3H3. The van der Waals surface area contributed by atoms with Gasteiger partial charge in [0, 0.05) is 4.88 Å². The predicted octanol–water partition coefficient (Wildman–Crippen LogP) is 4.61. The van der Waals surface area contributed by atoms with Gasteiger partial charge in [-0.25, -0.2) is 4.98 Å². The summed E-state index contributed by atoms with van der Waals surface area (Å²) >= 11 is 2.62. The number of nitrogens with zero attached hydrogens (tertiary/aromatic N) is 2. The van der Waals surface area contributed by atoms with Gasteiger partial charge in [0.05, 0.1) is 29.3 Å². The second kappa shape index (κ2) is 7.46. The Kier molecular flexibility index (Phi) is 4.97. The zero-order valence-electron chi connectivity index (χ0n) is 16.0. The Hall–Kier alpha value is -2.97. The number of aliphatic hydroxyl groups is 1. The minimum atomic E-state index is -0.794. The molecule has 1 unspecified atom stereocenters. The molecule has 0 fully saturated rings. The van der Waals surface area contributed by atoms with Crippen molar-refractivity contribution in [3.05, 3.63) is 74.1 Å². The SMILES string of the molecule is COc1cccc(C2C(C(=O)c3cccs3)=C(O)C(=O)N2c2nc(C)c(C)s2)c1. The highest BCUT2D eigenvalue weighted by Gasteiger charge is 2.46. The molecule has 0 saturated carbocycles. The van der Waals surface area contributed by atoms with E-state index in [-0.39, 0.29) is 11.4 Å². The minimum Gasteiger partial charge on any atom is -0.503 e. The molecular weight excluding hydrogens is 408 g/mol. The number of thiophene rings is 1. The highest BCUT2D eigenvalue weighted by Crippen LogP contribution is 2.44. The normalized spacial score (nSPS) is 16.6. The second-order valence-corrected chi connectivity index (χ2v) is 8.69. The highest BCUT2D eigenvalue weighted by atomic mass is 32.1. The average Bonchev–Trinajstić information content (AvgIpc) is 3.42. The van der Waals surface area contributed by atoms with Crippen LogP contribution in [0.3, 0.4) is 0 Å². The molecule has 29 heavy (non-hydrogen) atoms. The van der Waals surface area contributed by atoms with Crippen LogP contribution in [0.25, 0.3) is 0 Å². The summed E-state index contributed by atoms with van der Waals surface area (Å²) in [5, 5.41) is 12.9. The third kappa shape index (κ3) is 3.24. The summed E-state index contributed by atoms with van der Waals surface area (Å²) in [6, 6.07) is 9.79. The molecule has 8 heteroatoms. The lowest BCUT2D eigenvalue weighted by atomic mass is 9.95. The van der Waals surface area contributed by atoms with Crippen molar-refractivity contribution in [1.82, 2.24) is 4.98 Å². The Bertz CT molecular complexity index is 1110. The average molecular weight is 427 g/mol. The van der Waals surface area contributed by atoms with Gasteiger partial charge in [-0.1, -0.05) is 18.2 Å². The van der Waals surface area contributed by atoms with Gasteiger partial charge < -0.3 is 9.84 Å². The Labute approximate surface area is 175 Å². The van der Waals surface area contributed by atoms with E-state index < -0.39 is 17.7 Å². The zero-order valence-corrected chi connectivity index (χ0v) is 17.6. The largest absolute Gasteiger partial charge is 0.503 e. The van der Waals surface area contributed by atoms with Gasteiger partial charge >= 0.3 is 0 Å². The molecular formula is C21H18N2O4S2. The van der Waals surface area contributed by atoms with Crippen molar-refractivity contribution < 1.29 is 19.4 Å². The Morgan fingerprint density at radius 3 is 2.66 bits per heavy atom. The molecule has 4 rings (SSSR count). The van der Waals surface area contributed by atoms with Crippen molar-refractivity contribution in [2.45, 2.75) is 19.9 Å². The van der Waals surface area contributed by atoms with Gasteiger partial charge in [-0.3, -0.25) is 14.5 Å². The van der Waals surface area contributed by atoms with Crippen molar-refractivity contribution in [2.75, 3.05) is 12.0 Å². The summed E-state index contributed by atoms with van der Waals surface area (Å²) in [6.07, 6.45) is 0. The quantitative estimate of drug-likeness (QED) is 0.603. The maximum absolute atomic E-state index is 13.2. The molecule has 1 aliphatic heterocycles. The number of aryl methyl sites for hydroxylation is 2. The van der Waals surface area contributed by atoms with Gasteiger partial charge in [0.1, 0.15) is 5.75 Å². The van der Waals surface area contributed by atoms with Crippen molar-refractivity contribution in [3.8, 4) is 5.75 Å². The number of Topliss-reactive ketones (excluding diaryl/α,β-unsaturated/α-hetero) is 1. The van der Waals surface area contributed by atoms with Crippen LogP contribution in [0.5, 0.6) is 5.75 Å². The number of hydrogen-bond acceptors (Lipinski definition) is 7. The Balaban J connectivity index is 1.90. The van der Waals surface area contributed by atoms with Crippen LogP contribution in [0, 0.1) is 13.8 Å². The number of methoxy groups -OCH3 is 1. The van der Waals surface area contributed by atoms with Gasteiger partial charge in [0.2, 0.25) is 5.78 Å². The summed E-state index contributed by atoms with van der Waals surface area (Å²) in [7, 11) is 1.55. The van der Waals surface area contributed by atoms with E-state index in [0.717, 1.165) is 10.6 Å². The molecule has 2 aromatic heterocycles. The van der Waals surface area contributed by atoms with Crippen LogP contribution in [0.4, 0.5) is 5.13 Å². The number of aromatic nitrogens is 1. The topological polar surface area (TPSA) is 79.7 Å². The van der Waals surface area contributed by atoms with Gasteiger partial charge in [-0.15, -0.1) is 22.7 Å². The molecule has 3 heterocycles. The fourth-order valence-electron chi connectivity index (χ4n) is 3.26. The Morgan fingerprint density at radius 2 is 2.03 bits per heavy atom.